The Hall–Kier alpha value is -2.10. The molecule has 28 heavy (non-hydrogen) atoms. The van der Waals surface area contributed by atoms with Gasteiger partial charge in [-0.15, -0.1) is 0 Å². The van der Waals surface area contributed by atoms with Crippen LogP contribution in [-0.2, 0) is 9.59 Å². The molecule has 0 fully saturated rings. The van der Waals surface area contributed by atoms with Gasteiger partial charge in [-0.25, -0.2) is 0 Å². The second-order valence-electron chi connectivity index (χ2n) is 8.10. The fourth-order valence-corrected chi connectivity index (χ4v) is 2.91. The van der Waals surface area contributed by atoms with Crippen molar-refractivity contribution in [2.24, 2.45) is 11.8 Å². The van der Waals surface area contributed by atoms with Crippen molar-refractivity contribution in [3.63, 3.8) is 0 Å². The molecule has 0 radical (unpaired) electrons. The predicted octanol–water partition coefficient (Wildman–Crippen LogP) is 6.55. The van der Waals surface area contributed by atoms with Crippen molar-refractivity contribution in [2.75, 3.05) is 0 Å². The molecule has 2 N–H and O–H groups in total. The first-order chi connectivity index (χ1) is 13.0. The minimum absolute atomic E-state index is 0.248. The number of carboxylic acid groups (broad SMARTS) is 2. The van der Waals surface area contributed by atoms with Crippen LogP contribution in [0.5, 0.6) is 0 Å². The smallest absolute Gasteiger partial charge is 0.307 e. The Morgan fingerprint density at radius 2 is 0.964 bits per heavy atom. The highest BCUT2D eigenvalue weighted by molar-refractivity contribution is 5.80. The Kier molecular flexibility index (Phi) is 12.9. The van der Waals surface area contributed by atoms with Crippen LogP contribution < -0.4 is 0 Å². The van der Waals surface area contributed by atoms with Crippen molar-refractivity contribution in [1.29, 1.82) is 0 Å². The lowest BCUT2D eigenvalue weighted by molar-refractivity contribution is -0.153. The Morgan fingerprint density at radius 3 is 1.21 bits per heavy atom. The van der Waals surface area contributed by atoms with Gasteiger partial charge in [0.2, 0.25) is 0 Å². The molecule has 2 unspecified atom stereocenters. The molecule has 0 bridgehead atoms. The summed E-state index contributed by atoms with van der Waals surface area (Å²) in [7, 11) is 0. The third kappa shape index (κ3) is 12.3. The predicted molar refractivity (Wildman–Crippen MR) is 116 cm³/mol. The number of allylic oxidation sites excluding steroid dienone is 8. The van der Waals surface area contributed by atoms with Crippen LogP contribution in [0.2, 0.25) is 0 Å². The zero-order chi connectivity index (χ0) is 21.7. The van der Waals surface area contributed by atoms with E-state index in [4.69, 9.17) is 0 Å². The SMILES string of the molecule is CC(C)=CCC/C(C)=C/CC(C(=O)O)C(C/C=C(\C)CCC=C(C)C)C(=O)O. The molecule has 0 rings (SSSR count). The van der Waals surface area contributed by atoms with E-state index < -0.39 is 23.8 Å². The number of hydrogen-bond acceptors (Lipinski definition) is 2. The van der Waals surface area contributed by atoms with Crippen LogP contribution >= 0.6 is 0 Å². The zero-order valence-electron chi connectivity index (χ0n) is 18.4. The van der Waals surface area contributed by atoms with Crippen LogP contribution in [-0.4, -0.2) is 22.2 Å². The van der Waals surface area contributed by atoms with Gasteiger partial charge in [-0.1, -0.05) is 46.6 Å². The van der Waals surface area contributed by atoms with Crippen molar-refractivity contribution < 1.29 is 19.8 Å². The van der Waals surface area contributed by atoms with E-state index in [9.17, 15) is 19.8 Å². The van der Waals surface area contributed by atoms with Gasteiger partial charge in [0.15, 0.2) is 0 Å². The molecule has 0 aliphatic heterocycles. The summed E-state index contributed by atoms with van der Waals surface area (Å²) in [6.07, 6.45) is 12.1. The zero-order valence-corrected chi connectivity index (χ0v) is 18.4. The van der Waals surface area contributed by atoms with E-state index in [1.807, 2.05) is 53.7 Å². The standard InChI is InChI=1S/C24H38O4/c1-17(2)9-7-11-19(5)13-15-21(23(25)26)22(24(27)28)16-14-20(6)12-8-10-18(3)4/h9-10,13-14,21-22H,7-8,11-12,15-16H2,1-6H3,(H,25,26)(H,27,28)/b19-13+,20-14+. The summed E-state index contributed by atoms with van der Waals surface area (Å²) in [4.78, 5) is 23.4. The minimum Gasteiger partial charge on any atom is -0.481 e. The maximum Gasteiger partial charge on any atom is 0.307 e. The molecule has 0 aliphatic carbocycles. The Morgan fingerprint density at radius 1 is 0.643 bits per heavy atom. The molecule has 0 aromatic carbocycles. The first-order valence-electron chi connectivity index (χ1n) is 10.1. The Labute approximate surface area is 170 Å². The van der Waals surface area contributed by atoms with Gasteiger partial charge in [0, 0.05) is 0 Å². The summed E-state index contributed by atoms with van der Waals surface area (Å²) < 4.78 is 0. The largest absolute Gasteiger partial charge is 0.481 e. The van der Waals surface area contributed by atoms with Gasteiger partial charge in [0.05, 0.1) is 11.8 Å². The van der Waals surface area contributed by atoms with Crippen molar-refractivity contribution in [3.8, 4) is 0 Å². The van der Waals surface area contributed by atoms with Gasteiger partial charge < -0.3 is 10.2 Å². The maximum absolute atomic E-state index is 11.7. The van der Waals surface area contributed by atoms with Crippen LogP contribution in [0.4, 0.5) is 0 Å². The molecule has 0 aromatic heterocycles. The molecule has 4 nitrogen and oxygen atoms in total. The fourth-order valence-electron chi connectivity index (χ4n) is 2.91. The first-order valence-corrected chi connectivity index (χ1v) is 10.1. The number of carbonyl (C=O) groups is 2. The first kappa shape index (κ1) is 25.9. The van der Waals surface area contributed by atoms with Gasteiger partial charge in [0.25, 0.3) is 0 Å². The molecule has 0 amide bonds. The molecule has 0 heterocycles. The maximum atomic E-state index is 11.7. The molecule has 0 saturated heterocycles. The average molecular weight is 391 g/mol. The summed E-state index contributed by atoms with van der Waals surface area (Å²) in [6, 6.07) is 0. The van der Waals surface area contributed by atoms with Crippen LogP contribution in [0.1, 0.15) is 80.1 Å². The Balaban J connectivity index is 5.04. The monoisotopic (exact) mass is 390 g/mol. The summed E-state index contributed by atoms with van der Waals surface area (Å²) >= 11 is 0. The molecule has 0 saturated carbocycles. The highest BCUT2D eigenvalue weighted by atomic mass is 16.4. The van der Waals surface area contributed by atoms with Gasteiger partial charge >= 0.3 is 11.9 Å². The second kappa shape index (κ2) is 14.0. The second-order valence-corrected chi connectivity index (χ2v) is 8.10. The summed E-state index contributed by atoms with van der Waals surface area (Å²) in [5.74, 6) is -3.93. The van der Waals surface area contributed by atoms with Gasteiger partial charge in [-0.2, -0.15) is 0 Å². The molecular formula is C24H38O4. The van der Waals surface area contributed by atoms with Crippen molar-refractivity contribution in [3.05, 3.63) is 46.6 Å². The van der Waals surface area contributed by atoms with E-state index in [1.165, 1.54) is 11.1 Å². The summed E-state index contributed by atoms with van der Waals surface area (Å²) in [5, 5.41) is 19.2. The van der Waals surface area contributed by atoms with Crippen LogP contribution in [0.25, 0.3) is 0 Å². The van der Waals surface area contributed by atoms with Crippen molar-refractivity contribution in [1.82, 2.24) is 0 Å². The lowest BCUT2D eigenvalue weighted by atomic mass is 9.85. The number of aliphatic carboxylic acids is 2. The van der Waals surface area contributed by atoms with E-state index in [-0.39, 0.29) is 12.8 Å². The van der Waals surface area contributed by atoms with E-state index >= 15 is 0 Å². The molecule has 0 aromatic rings. The van der Waals surface area contributed by atoms with Crippen molar-refractivity contribution in [2.45, 2.75) is 80.1 Å². The number of hydrogen-bond donors (Lipinski definition) is 2. The van der Waals surface area contributed by atoms with E-state index in [0.717, 1.165) is 36.8 Å². The topological polar surface area (TPSA) is 74.6 Å². The van der Waals surface area contributed by atoms with E-state index in [0.29, 0.717) is 0 Å². The molecular weight excluding hydrogens is 352 g/mol. The normalized spacial score (nSPS) is 14.2. The highest BCUT2D eigenvalue weighted by Gasteiger charge is 2.32. The molecule has 0 aliphatic rings. The Bertz CT molecular complexity index is 571. The molecule has 2 atom stereocenters. The van der Waals surface area contributed by atoms with Gasteiger partial charge in [-0.3, -0.25) is 9.59 Å². The lowest BCUT2D eigenvalue weighted by Crippen LogP contribution is -2.29. The average Bonchev–Trinajstić information content (AvgIpc) is 2.56. The van der Waals surface area contributed by atoms with Crippen LogP contribution in [0, 0.1) is 11.8 Å². The lowest BCUT2D eigenvalue weighted by Gasteiger charge is -2.18. The summed E-state index contributed by atoms with van der Waals surface area (Å²) in [6.45, 7) is 12.1. The number of carboxylic acids is 2. The third-order valence-electron chi connectivity index (χ3n) is 4.74. The third-order valence-corrected chi connectivity index (χ3v) is 4.74. The molecule has 158 valence electrons. The van der Waals surface area contributed by atoms with Gasteiger partial charge in [0.1, 0.15) is 0 Å². The molecule has 0 spiro atoms. The summed E-state index contributed by atoms with van der Waals surface area (Å²) in [5.41, 5.74) is 4.71. The van der Waals surface area contributed by atoms with Crippen molar-refractivity contribution >= 4 is 11.9 Å². The highest BCUT2D eigenvalue weighted by Crippen LogP contribution is 2.24. The van der Waals surface area contributed by atoms with Crippen LogP contribution in [0.15, 0.2) is 46.6 Å². The van der Waals surface area contributed by atoms with E-state index in [2.05, 4.69) is 12.2 Å². The quantitative estimate of drug-likeness (QED) is 0.349. The minimum atomic E-state index is -1.05. The van der Waals surface area contributed by atoms with E-state index in [1.54, 1.807) is 0 Å². The fraction of sp³-hybridized carbons (Fsp3) is 0.583. The number of rotatable bonds is 13. The molecule has 4 heteroatoms. The van der Waals surface area contributed by atoms with Crippen LogP contribution in [0.3, 0.4) is 0 Å². The van der Waals surface area contributed by atoms with Gasteiger partial charge in [-0.05, 0) is 80.1 Å².